The number of aromatic nitrogens is 2. The molecule has 1 aliphatic heterocycles. The Morgan fingerprint density at radius 3 is 2.75 bits per heavy atom. The third kappa shape index (κ3) is 4.01. The van der Waals surface area contributed by atoms with Gasteiger partial charge in [-0.25, -0.2) is 13.4 Å². The lowest BCUT2D eigenvalue weighted by Gasteiger charge is -2.13. The van der Waals surface area contributed by atoms with E-state index in [0.29, 0.717) is 17.9 Å². The van der Waals surface area contributed by atoms with Crippen molar-refractivity contribution in [1.82, 2.24) is 14.9 Å². The van der Waals surface area contributed by atoms with Crippen LogP contribution < -0.4 is 10.1 Å². The van der Waals surface area contributed by atoms with Gasteiger partial charge >= 0.3 is 0 Å². The number of sulfone groups is 1. The van der Waals surface area contributed by atoms with Crippen LogP contribution in [0.15, 0.2) is 48.5 Å². The first kappa shape index (κ1) is 18.5. The highest BCUT2D eigenvalue weighted by Crippen LogP contribution is 2.27. The molecule has 1 atom stereocenters. The van der Waals surface area contributed by atoms with Crippen molar-refractivity contribution in [3.63, 3.8) is 0 Å². The van der Waals surface area contributed by atoms with E-state index in [0.717, 1.165) is 29.5 Å². The van der Waals surface area contributed by atoms with Crippen LogP contribution in [0.3, 0.4) is 0 Å². The predicted octanol–water partition coefficient (Wildman–Crippen LogP) is 1.70. The van der Waals surface area contributed by atoms with E-state index in [-0.39, 0.29) is 24.3 Å². The maximum atomic E-state index is 12.5. The molecule has 8 heteroatoms. The Balaban J connectivity index is 1.46. The summed E-state index contributed by atoms with van der Waals surface area (Å²) in [5, 5.41) is 2.89. The van der Waals surface area contributed by atoms with Gasteiger partial charge in [-0.05, 0) is 23.8 Å². The monoisotopic (exact) mass is 399 g/mol. The number of rotatable bonds is 6. The van der Waals surface area contributed by atoms with Gasteiger partial charge in [0, 0.05) is 12.7 Å². The molecule has 146 valence electrons. The fraction of sp³-hybridized carbons (Fsp3) is 0.300. The summed E-state index contributed by atoms with van der Waals surface area (Å²) >= 11 is 0. The lowest BCUT2D eigenvalue weighted by molar-refractivity contribution is -0.121. The average molecular weight is 399 g/mol. The molecule has 0 fully saturated rings. The summed E-state index contributed by atoms with van der Waals surface area (Å²) in [5.41, 5.74) is 2.54. The number of carbonyl (C=O) groups excluding carboxylic acids is 1. The molecular weight excluding hydrogens is 378 g/mol. The molecule has 2 aromatic carbocycles. The number of nitrogens with one attached hydrogen (secondary N) is 1. The van der Waals surface area contributed by atoms with Crippen LogP contribution in [0.1, 0.15) is 11.4 Å². The normalized spacial score (nSPS) is 16.0. The van der Waals surface area contributed by atoms with Crippen molar-refractivity contribution < 1.29 is 17.9 Å². The van der Waals surface area contributed by atoms with Gasteiger partial charge in [0.1, 0.15) is 30.0 Å². The number of ether oxygens (including phenoxy) is 1. The molecule has 4 rings (SSSR count). The zero-order chi connectivity index (χ0) is 19.7. The number of imidazole rings is 1. The Morgan fingerprint density at radius 1 is 1.21 bits per heavy atom. The molecule has 0 saturated heterocycles. The number of nitrogens with zero attached hydrogens (tertiary/aromatic N) is 2. The number of amides is 1. The van der Waals surface area contributed by atoms with Crippen molar-refractivity contribution in [2.24, 2.45) is 0 Å². The highest BCUT2D eigenvalue weighted by molar-refractivity contribution is 7.89. The van der Waals surface area contributed by atoms with Gasteiger partial charge in [0.25, 0.3) is 0 Å². The third-order valence-corrected chi connectivity index (χ3v) is 5.45. The van der Waals surface area contributed by atoms with E-state index in [1.165, 1.54) is 0 Å². The van der Waals surface area contributed by atoms with Crippen LogP contribution in [0.4, 0.5) is 0 Å². The second-order valence-electron chi connectivity index (χ2n) is 7.03. The molecule has 7 nitrogen and oxygen atoms in total. The Morgan fingerprint density at radius 2 is 1.96 bits per heavy atom. The summed E-state index contributed by atoms with van der Waals surface area (Å²) in [5.74, 6) is 0.800. The lowest BCUT2D eigenvalue weighted by Crippen LogP contribution is -2.36. The molecule has 1 N–H and O–H groups in total. The molecule has 0 aliphatic carbocycles. The highest BCUT2D eigenvalue weighted by atomic mass is 32.2. The van der Waals surface area contributed by atoms with Crippen LogP contribution >= 0.6 is 0 Å². The van der Waals surface area contributed by atoms with E-state index in [2.05, 4.69) is 10.3 Å². The van der Waals surface area contributed by atoms with Gasteiger partial charge < -0.3 is 14.6 Å². The van der Waals surface area contributed by atoms with E-state index >= 15 is 0 Å². The number of benzene rings is 2. The van der Waals surface area contributed by atoms with Crippen molar-refractivity contribution in [2.75, 3.05) is 12.8 Å². The van der Waals surface area contributed by atoms with Crippen LogP contribution in [0.5, 0.6) is 5.75 Å². The second kappa shape index (κ2) is 7.27. The van der Waals surface area contributed by atoms with Crippen LogP contribution in [0.25, 0.3) is 11.0 Å². The maximum absolute atomic E-state index is 12.5. The molecule has 0 spiro atoms. The first-order chi connectivity index (χ1) is 13.4. The predicted molar refractivity (Wildman–Crippen MR) is 106 cm³/mol. The molecular formula is C20H21N3O4S. The molecule has 1 aromatic heterocycles. The van der Waals surface area contributed by atoms with Crippen LogP contribution in [-0.2, 0) is 33.4 Å². The van der Waals surface area contributed by atoms with E-state index in [4.69, 9.17) is 4.74 Å². The van der Waals surface area contributed by atoms with Gasteiger partial charge in [-0.1, -0.05) is 30.3 Å². The van der Waals surface area contributed by atoms with Gasteiger partial charge in [-0.2, -0.15) is 0 Å². The number of fused-ring (bicyclic) bond motifs is 2. The number of hydrogen-bond donors (Lipinski definition) is 1. The van der Waals surface area contributed by atoms with Gasteiger partial charge in [-0.15, -0.1) is 0 Å². The smallest absolute Gasteiger partial charge is 0.240 e. The Hall–Kier alpha value is -2.87. The first-order valence-electron chi connectivity index (χ1n) is 9.02. The minimum Gasteiger partial charge on any atom is -0.488 e. The number of carbonyl (C=O) groups is 1. The van der Waals surface area contributed by atoms with Crippen molar-refractivity contribution in [3.05, 3.63) is 59.9 Å². The molecule has 0 saturated carbocycles. The Kier molecular flexibility index (Phi) is 4.80. The lowest BCUT2D eigenvalue weighted by atomic mass is 10.1. The zero-order valence-electron chi connectivity index (χ0n) is 15.5. The quantitative estimate of drug-likeness (QED) is 0.681. The molecule has 1 amide bonds. The SMILES string of the molecule is CS(=O)(=O)Cc1nc2ccccc2n1CC(=O)NCC1Cc2ccccc2O1. The minimum absolute atomic E-state index is 0.00500. The number of para-hydroxylation sites is 3. The molecule has 0 bridgehead atoms. The van der Waals surface area contributed by atoms with Crippen molar-refractivity contribution >= 4 is 26.8 Å². The minimum atomic E-state index is -3.27. The molecule has 1 aliphatic rings. The van der Waals surface area contributed by atoms with Crippen LogP contribution in [-0.4, -0.2) is 42.8 Å². The first-order valence-corrected chi connectivity index (χ1v) is 11.1. The van der Waals surface area contributed by atoms with Crippen molar-refractivity contribution in [2.45, 2.75) is 24.8 Å². The maximum Gasteiger partial charge on any atom is 0.240 e. The largest absolute Gasteiger partial charge is 0.488 e. The van der Waals surface area contributed by atoms with Crippen molar-refractivity contribution in [3.8, 4) is 5.75 Å². The van der Waals surface area contributed by atoms with Crippen LogP contribution in [0.2, 0.25) is 0 Å². The molecule has 3 aromatic rings. The summed E-state index contributed by atoms with van der Waals surface area (Å²) in [6.07, 6.45) is 1.81. The fourth-order valence-corrected chi connectivity index (χ4v) is 4.13. The summed E-state index contributed by atoms with van der Waals surface area (Å²) in [7, 11) is -3.27. The van der Waals surface area contributed by atoms with E-state index in [1.807, 2.05) is 42.5 Å². The topological polar surface area (TPSA) is 90.3 Å². The molecule has 1 unspecified atom stereocenters. The van der Waals surface area contributed by atoms with E-state index in [9.17, 15) is 13.2 Å². The van der Waals surface area contributed by atoms with Gasteiger partial charge in [0.15, 0.2) is 9.84 Å². The fourth-order valence-electron chi connectivity index (χ4n) is 3.44. The van der Waals surface area contributed by atoms with Gasteiger partial charge in [0.05, 0.1) is 17.6 Å². The average Bonchev–Trinajstić information content (AvgIpc) is 3.20. The Bertz CT molecular complexity index is 1110. The van der Waals surface area contributed by atoms with Crippen LogP contribution in [0, 0.1) is 0 Å². The molecule has 2 heterocycles. The summed E-state index contributed by atoms with van der Waals surface area (Å²) in [6.45, 7) is 0.395. The van der Waals surface area contributed by atoms with E-state index < -0.39 is 9.84 Å². The van der Waals surface area contributed by atoms with Gasteiger partial charge in [-0.3, -0.25) is 4.79 Å². The summed E-state index contributed by atoms with van der Waals surface area (Å²) in [4.78, 5) is 16.9. The van der Waals surface area contributed by atoms with Crippen molar-refractivity contribution in [1.29, 1.82) is 0 Å². The molecule has 28 heavy (non-hydrogen) atoms. The summed E-state index contributed by atoms with van der Waals surface area (Å²) < 4.78 is 31.0. The third-order valence-electron chi connectivity index (χ3n) is 4.67. The van der Waals surface area contributed by atoms with E-state index in [1.54, 1.807) is 10.6 Å². The zero-order valence-corrected chi connectivity index (χ0v) is 16.3. The Labute approximate surface area is 163 Å². The second-order valence-corrected chi connectivity index (χ2v) is 9.17. The standard InChI is InChI=1S/C20H21N3O4S/c1-28(25,26)13-19-22-16-7-3-4-8-17(16)23(19)12-20(24)21-11-15-10-14-6-2-5-9-18(14)27-15/h2-9,15H,10-13H2,1H3,(H,21,24). The summed E-state index contributed by atoms with van der Waals surface area (Å²) in [6, 6.07) is 15.1. The van der Waals surface area contributed by atoms with Gasteiger partial charge in [0.2, 0.25) is 5.91 Å². The molecule has 0 radical (unpaired) electrons. The highest BCUT2D eigenvalue weighted by Gasteiger charge is 2.23. The number of hydrogen-bond acceptors (Lipinski definition) is 5.